The van der Waals surface area contributed by atoms with Crippen molar-refractivity contribution in [3.05, 3.63) is 77.6 Å². The van der Waals surface area contributed by atoms with Crippen molar-refractivity contribution in [3.63, 3.8) is 0 Å². The summed E-state index contributed by atoms with van der Waals surface area (Å²) in [7, 11) is 0. The van der Waals surface area contributed by atoms with E-state index in [9.17, 15) is 9.65 Å². The van der Waals surface area contributed by atoms with Gasteiger partial charge in [-0.05, 0) is 60.2 Å². The van der Waals surface area contributed by atoms with Crippen LogP contribution in [0.1, 0.15) is 42.1 Å². The Hall–Kier alpha value is -2.93. The van der Waals surface area contributed by atoms with E-state index in [4.69, 9.17) is 0 Å². The van der Waals surface area contributed by atoms with Gasteiger partial charge in [0.15, 0.2) is 0 Å². The van der Waals surface area contributed by atoms with E-state index in [1.165, 1.54) is 17.8 Å². The first-order valence-electron chi connectivity index (χ1n) is 8.57. The van der Waals surface area contributed by atoms with Crippen molar-refractivity contribution in [2.45, 2.75) is 31.7 Å². The molecule has 0 saturated carbocycles. The van der Waals surface area contributed by atoms with E-state index in [1.54, 1.807) is 12.1 Å². The summed E-state index contributed by atoms with van der Waals surface area (Å²) >= 11 is 0. The summed E-state index contributed by atoms with van der Waals surface area (Å²) in [5.41, 5.74) is 4.94. The van der Waals surface area contributed by atoms with E-state index in [1.807, 2.05) is 30.7 Å². The number of hydrogen-bond acceptors (Lipinski definition) is 2. The Morgan fingerprint density at radius 1 is 1.12 bits per heavy atom. The molecule has 0 N–H and O–H groups in total. The molecule has 1 atom stereocenters. The summed E-state index contributed by atoms with van der Waals surface area (Å²) in [6.07, 6.45) is 8.22. The number of benzene rings is 2. The summed E-state index contributed by atoms with van der Waals surface area (Å²) in [6, 6.07) is 14.7. The second-order valence-electron chi connectivity index (χ2n) is 6.47. The van der Waals surface area contributed by atoms with Crippen molar-refractivity contribution < 1.29 is 4.39 Å². The maximum absolute atomic E-state index is 13.3. The minimum atomic E-state index is -0.256. The number of fused-ring (bicyclic) bond motifs is 1. The van der Waals surface area contributed by atoms with Crippen LogP contribution < -0.4 is 0 Å². The monoisotopic (exact) mass is 331 g/mol. The fourth-order valence-corrected chi connectivity index (χ4v) is 3.69. The molecule has 1 aliphatic rings. The molecule has 2 heterocycles. The van der Waals surface area contributed by atoms with Crippen LogP contribution in [0, 0.1) is 17.1 Å². The first-order chi connectivity index (χ1) is 12.3. The highest BCUT2D eigenvalue weighted by Crippen LogP contribution is 2.36. The Kier molecular flexibility index (Phi) is 4.07. The molecule has 1 aliphatic heterocycles. The van der Waals surface area contributed by atoms with E-state index < -0.39 is 0 Å². The fourth-order valence-electron chi connectivity index (χ4n) is 3.69. The molecule has 4 rings (SSSR count). The molecule has 1 aromatic heterocycles. The molecular formula is C21H18FN3. The maximum atomic E-state index is 13.3. The van der Waals surface area contributed by atoms with E-state index in [-0.39, 0.29) is 11.9 Å². The molecule has 0 radical (unpaired) electrons. The summed E-state index contributed by atoms with van der Waals surface area (Å²) in [5, 5.41) is 9.30. The number of halogens is 1. The molecule has 0 aliphatic carbocycles. The van der Waals surface area contributed by atoms with Crippen molar-refractivity contribution in [1.29, 1.82) is 5.26 Å². The lowest BCUT2D eigenvalue weighted by molar-refractivity contribution is 0.537. The minimum Gasteiger partial charge on any atom is -0.327 e. The predicted octanol–water partition coefficient (Wildman–Crippen LogP) is 4.88. The summed E-state index contributed by atoms with van der Waals surface area (Å²) < 4.78 is 15.6. The highest BCUT2D eigenvalue weighted by atomic mass is 19.1. The molecule has 124 valence electrons. The van der Waals surface area contributed by atoms with Crippen LogP contribution >= 0.6 is 0 Å². The first kappa shape index (κ1) is 15.6. The van der Waals surface area contributed by atoms with Gasteiger partial charge >= 0.3 is 0 Å². The summed E-state index contributed by atoms with van der Waals surface area (Å²) in [4.78, 5) is 4.33. The predicted molar refractivity (Wildman–Crippen MR) is 94.5 cm³/mol. The molecule has 4 heteroatoms. The molecule has 3 nitrogen and oxygen atoms in total. The van der Waals surface area contributed by atoms with Crippen LogP contribution in [0.5, 0.6) is 0 Å². The third-order valence-electron chi connectivity index (χ3n) is 4.94. The first-order valence-corrected chi connectivity index (χ1v) is 8.57. The molecule has 1 unspecified atom stereocenters. The third-order valence-corrected chi connectivity index (χ3v) is 4.94. The molecule has 3 aromatic rings. The number of rotatable bonds is 2. The molecule has 2 aromatic carbocycles. The van der Waals surface area contributed by atoms with Crippen LogP contribution in [0.4, 0.5) is 4.39 Å². The van der Waals surface area contributed by atoms with Crippen molar-refractivity contribution >= 4 is 0 Å². The van der Waals surface area contributed by atoms with E-state index >= 15 is 0 Å². The molecule has 0 spiro atoms. The number of hydrogen-bond donors (Lipinski definition) is 0. The fraction of sp³-hybridized carbons (Fsp3) is 0.238. The average Bonchev–Trinajstić information content (AvgIpc) is 3.02. The van der Waals surface area contributed by atoms with E-state index in [0.717, 1.165) is 42.4 Å². The van der Waals surface area contributed by atoms with E-state index in [2.05, 4.69) is 15.6 Å². The van der Waals surface area contributed by atoms with Gasteiger partial charge in [-0.2, -0.15) is 5.26 Å². The zero-order valence-electron chi connectivity index (χ0n) is 13.8. The minimum absolute atomic E-state index is 0.188. The largest absolute Gasteiger partial charge is 0.327 e. The quantitative estimate of drug-likeness (QED) is 0.672. The lowest BCUT2D eigenvalue weighted by atomic mass is 9.91. The van der Waals surface area contributed by atoms with Crippen LogP contribution in [0.2, 0.25) is 0 Å². The standard InChI is InChI=1S/C21H18FN3/c22-17-8-6-16(7-9-17)20-11-15(12-23)5-10-19(20)21-4-2-1-3-18-13-24-14-25(18)21/h5-11,13-14,21H,1-4H2. The number of aryl methyl sites for hydroxylation is 1. The van der Waals surface area contributed by atoms with Crippen LogP contribution in [0.3, 0.4) is 0 Å². The van der Waals surface area contributed by atoms with Gasteiger partial charge in [0.05, 0.1) is 24.0 Å². The van der Waals surface area contributed by atoms with Gasteiger partial charge in [-0.3, -0.25) is 0 Å². The Morgan fingerprint density at radius 3 is 2.76 bits per heavy atom. The zero-order chi connectivity index (χ0) is 17.2. The lowest BCUT2D eigenvalue weighted by Gasteiger charge is -2.22. The maximum Gasteiger partial charge on any atom is 0.123 e. The van der Waals surface area contributed by atoms with Gasteiger partial charge < -0.3 is 4.57 Å². The second-order valence-corrected chi connectivity index (χ2v) is 6.47. The topological polar surface area (TPSA) is 41.6 Å². The van der Waals surface area contributed by atoms with Crippen LogP contribution in [-0.2, 0) is 6.42 Å². The van der Waals surface area contributed by atoms with Crippen molar-refractivity contribution in [3.8, 4) is 17.2 Å². The molecule has 0 saturated heterocycles. The molecular weight excluding hydrogens is 313 g/mol. The normalized spacial score (nSPS) is 16.7. The molecule has 0 bridgehead atoms. The van der Waals surface area contributed by atoms with E-state index in [0.29, 0.717) is 5.56 Å². The van der Waals surface area contributed by atoms with Crippen LogP contribution in [-0.4, -0.2) is 9.55 Å². The number of imidazole rings is 1. The van der Waals surface area contributed by atoms with Gasteiger partial charge in [-0.25, -0.2) is 9.37 Å². The SMILES string of the molecule is N#Cc1ccc(C2CCCCc3cncn32)c(-c2ccc(F)cc2)c1. The number of nitrogens with zero attached hydrogens (tertiary/aromatic N) is 3. The average molecular weight is 331 g/mol. The molecule has 0 amide bonds. The van der Waals surface area contributed by atoms with Gasteiger partial charge in [0.1, 0.15) is 5.82 Å². The smallest absolute Gasteiger partial charge is 0.123 e. The van der Waals surface area contributed by atoms with Gasteiger partial charge in [0, 0.05) is 11.9 Å². The zero-order valence-corrected chi connectivity index (χ0v) is 13.8. The number of aromatic nitrogens is 2. The Morgan fingerprint density at radius 2 is 1.96 bits per heavy atom. The van der Waals surface area contributed by atoms with Gasteiger partial charge in [-0.15, -0.1) is 0 Å². The lowest BCUT2D eigenvalue weighted by Crippen LogP contribution is -2.12. The van der Waals surface area contributed by atoms with Crippen LogP contribution in [0.15, 0.2) is 55.0 Å². The summed E-state index contributed by atoms with van der Waals surface area (Å²) in [5.74, 6) is -0.256. The van der Waals surface area contributed by atoms with Crippen LogP contribution in [0.25, 0.3) is 11.1 Å². The van der Waals surface area contributed by atoms with Crippen molar-refractivity contribution in [1.82, 2.24) is 9.55 Å². The number of nitriles is 1. The third kappa shape index (κ3) is 2.94. The van der Waals surface area contributed by atoms with Crippen molar-refractivity contribution in [2.75, 3.05) is 0 Å². The highest BCUT2D eigenvalue weighted by molar-refractivity contribution is 5.70. The van der Waals surface area contributed by atoms with Crippen molar-refractivity contribution in [2.24, 2.45) is 0 Å². The highest BCUT2D eigenvalue weighted by Gasteiger charge is 2.22. The Balaban J connectivity index is 1.88. The molecule has 0 fully saturated rings. The van der Waals surface area contributed by atoms with Gasteiger partial charge in [0.2, 0.25) is 0 Å². The Bertz CT molecular complexity index is 935. The second kappa shape index (κ2) is 6.52. The summed E-state index contributed by atoms with van der Waals surface area (Å²) in [6.45, 7) is 0. The van der Waals surface area contributed by atoms with Gasteiger partial charge in [0.25, 0.3) is 0 Å². The molecule has 25 heavy (non-hydrogen) atoms. The Labute approximate surface area is 146 Å². The van der Waals surface area contributed by atoms with Gasteiger partial charge in [-0.1, -0.05) is 24.6 Å².